The van der Waals surface area contributed by atoms with E-state index in [9.17, 15) is 4.79 Å². The molecule has 0 radical (unpaired) electrons. The maximum Gasteiger partial charge on any atom is 0.225 e. The lowest BCUT2D eigenvalue weighted by Crippen LogP contribution is -2.52. The molecule has 0 spiro atoms. The molecule has 2 atom stereocenters. The largest absolute Gasteiger partial charge is 0.352 e. The summed E-state index contributed by atoms with van der Waals surface area (Å²) >= 11 is 0. The number of nitrogens with two attached hydrogens (primary N) is 1. The van der Waals surface area contributed by atoms with Crippen molar-refractivity contribution >= 4 is 16.8 Å². The molecule has 1 aliphatic rings. The highest BCUT2D eigenvalue weighted by Gasteiger charge is 2.37. The summed E-state index contributed by atoms with van der Waals surface area (Å²) in [5.74, 6) is -0.0261. The fraction of sp³-hybridized carbons (Fsp3) is 0.444. The Kier molecular flexibility index (Phi) is 4.12. The topological polar surface area (TPSA) is 68.0 Å². The average molecular weight is 297 g/mol. The van der Waals surface area contributed by atoms with Gasteiger partial charge in [-0.3, -0.25) is 9.78 Å². The van der Waals surface area contributed by atoms with Crippen molar-refractivity contribution in [3.63, 3.8) is 0 Å². The van der Waals surface area contributed by atoms with Gasteiger partial charge in [-0.15, -0.1) is 0 Å². The number of carbonyl (C=O) groups is 1. The smallest absolute Gasteiger partial charge is 0.225 e. The first kappa shape index (κ1) is 15.0. The summed E-state index contributed by atoms with van der Waals surface area (Å²) in [6.07, 6.45) is 5.78. The number of carbonyl (C=O) groups excluding carboxylic acids is 1. The normalized spacial score (nSPS) is 25.1. The van der Waals surface area contributed by atoms with Gasteiger partial charge in [0.25, 0.3) is 0 Å². The first-order chi connectivity index (χ1) is 10.6. The maximum absolute atomic E-state index is 12.5. The van der Waals surface area contributed by atoms with Crippen LogP contribution in [-0.4, -0.2) is 16.4 Å². The van der Waals surface area contributed by atoms with Crippen molar-refractivity contribution in [3.8, 4) is 0 Å². The number of hydrogen-bond acceptors (Lipinski definition) is 3. The van der Waals surface area contributed by atoms with Gasteiger partial charge in [0.05, 0.1) is 11.4 Å². The van der Waals surface area contributed by atoms with Crippen molar-refractivity contribution in [2.24, 2.45) is 11.7 Å². The predicted molar refractivity (Wildman–Crippen MR) is 88.1 cm³/mol. The Morgan fingerprint density at radius 1 is 1.36 bits per heavy atom. The highest BCUT2D eigenvalue weighted by Crippen LogP contribution is 2.31. The van der Waals surface area contributed by atoms with Gasteiger partial charge in [-0.1, -0.05) is 37.1 Å². The van der Waals surface area contributed by atoms with E-state index in [1.54, 1.807) is 6.20 Å². The predicted octanol–water partition coefficient (Wildman–Crippen LogP) is 2.76. The number of amides is 1. The first-order valence-corrected chi connectivity index (χ1v) is 7.97. The fourth-order valence-corrected chi connectivity index (χ4v) is 3.40. The number of pyridine rings is 1. The van der Waals surface area contributed by atoms with Gasteiger partial charge < -0.3 is 11.1 Å². The van der Waals surface area contributed by atoms with Crippen LogP contribution in [0.25, 0.3) is 10.9 Å². The highest BCUT2D eigenvalue weighted by atomic mass is 16.1. The van der Waals surface area contributed by atoms with Gasteiger partial charge >= 0.3 is 0 Å². The zero-order valence-electron chi connectivity index (χ0n) is 13.0. The Morgan fingerprint density at radius 2 is 2.18 bits per heavy atom. The van der Waals surface area contributed by atoms with E-state index in [0.29, 0.717) is 6.54 Å². The molecule has 0 saturated heterocycles. The van der Waals surface area contributed by atoms with Crippen LogP contribution in [0.4, 0.5) is 0 Å². The zero-order chi connectivity index (χ0) is 15.6. The lowest BCUT2D eigenvalue weighted by atomic mass is 9.74. The molecule has 0 bridgehead atoms. The molecule has 1 amide bonds. The minimum atomic E-state index is -0.390. The molecule has 2 aromatic rings. The van der Waals surface area contributed by atoms with Crippen molar-refractivity contribution in [1.82, 2.24) is 10.3 Å². The van der Waals surface area contributed by atoms with Gasteiger partial charge in [-0.2, -0.15) is 0 Å². The van der Waals surface area contributed by atoms with Gasteiger partial charge in [0, 0.05) is 23.7 Å². The molecule has 1 fully saturated rings. The minimum absolute atomic E-state index is 0.0673. The number of aromatic nitrogens is 1. The van der Waals surface area contributed by atoms with E-state index >= 15 is 0 Å². The third-order valence-corrected chi connectivity index (χ3v) is 4.74. The lowest BCUT2D eigenvalue weighted by molar-refractivity contribution is -0.128. The Balaban J connectivity index is 1.72. The van der Waals surface area contributed by atoms with E-state index in [2.05, 4.69) is 10.3 Å². The highest BCUT2D eigenvalue weighted by molar-refractivity contribution is 5.83. The van der Waals surface area contributed by atoms with Crippen LogP contribution in [0.1, 0.15) is 38.2 Å². The number of nitrogens with zero attached hydrogens (tertiary/aromatic N) is 1. The van der Waals surface area contributed by atoms with Crippen molar-refractivity contribution in [1.29, 1.82) is 0 Å². The van der Waals surface area contributed by atoms with E-state index in [1.165, 1.54) is 0 Å². The van der Waals surface area contributed by atoms with E-state index in [0.717, 1.165) is 42.1 Å². The average Bonchev–Trinajstić information content (AvgIpc) is 2.52. The number of rotatable bonds is 3. The van der Waals surface area contributed by atoms with Crippen LogP contribution in [0.3, 0.4) is 0 Å². The van der Waals surface area contributed by atoms with E-state index < -0.39 is 0 Å². The second kappa shape index (κ2) is 6.05. The van der Waals surface area contributed by atoms with Crippen LogP contribution in [0.5, 0.6) is 0 Å². The monoisotopic (exact) mass is 297 g/mol. The van der Waals surface area contributed by atoms with Crippen LogP contribution < -0.4 is 11.1 Å². The molecule has 1 aliphatic carbocycles. The summed E-state index contributed by atoms with van der Waals surface area (Å²) in [6, 6.07) is 10.0. The molecular formula is C18H23N3O. The van der Waals surface area contributed by atoms with Crippen LogP contribution in [0.15, 0.2) is 36.5 Å². The molecule has 22 heavy (non-hydrogen) atoms. The Bertz CT molecular complexity index is 676. The van der Waals surface area contributed by atoms with Crippen molar-refractivity contribution in [2.45, 2.75) is 44.7 Å². The molecule has 3 N–H and O–H groups in total. The van der Waals surface area contributed by atoms with Crippen molar-refractivity contribution < 1.29 is 4.79 Å². The second-order valence-electron chi connectivity index (χ2n) is 6.51. The maximum atomic E-state index is 12.5. The number of benzene rings is 1. The standard InChI is InChI=1S/C18H23N3O/c1-18(19)10-3-2-9-15(18)17(22)21-12-14-7-4-6-13-8-5-11-20-16(13)14/h4-8,11,15H,2-3,9-10,12,19H2,1H3,(H,21,22). The third kappa shape index (κ3) is 2.97. The van der Waals surface area contributed by atoms with Crippen LogP contribution in [0, 0.1) is 5.92 Å². The molecule has 116 valence electrons. The Morgan fingerprint density at radius 3 is 3.00 bits per heavy atom. The van der Waals surface area contributed by atoms with Crippen LogP contribution in [-0.2, 0) is 11.3 Å². The quantitative estimate of drug-likeness (QED) is 0.915. The fourth-order valence-electron chi connectivity index (χ4n) is 3.40. The molecule has 1 saturated carbocycles. The number of para-hydroxylation sites is 1. The molecule has 4 heteroatoms. The molecule has 1 heterocycles. The van der Waals surface area contributed by atoms with Gasteiger partial charge in [-0.25, -0.2) is 0 Å². The molecule has 3 rings (SSSR count). The molecule has 1 aromatic heterocycles. The summed E-state index contributed by atoms with van der Waals surface area (Å²) in [5.41, 5.74) is 7.91. The van der Waals surface area contributed by atoms with Crippen LogP contribution >= 0.6 is 0 Å². The van der Waals surface area contributed by atoms with Crippen molar-refractivity contribution in [2.75, 3.05) is 0 Å². The van der Waals surface area contributed by atoms with Gasteiger partial charge in [0.2, 0.25) is 5.91 Å². The summed E-state index contributed by atoms with van der Waals surface area (Å²) in [4.78, 5) is 16.9. The van der Waals surface area contributed by atoms with Gasteiger partial charge in [0.15, 0.2) is 0 Å². The summed E-state index contributed by atoms with van der Waals surface area (Å²) in [5, 5.41) is 4.15. The Labute approximate surface area is 131 Å². The molecule has 0 aliphatic heterocycles. The first-order valence-electron chi connectivity index (χ1n) is 7.97. The number of hydrogen-bond donors (Lipinski definition) is 2. The van der Waals surface area contributed by atoms with Crippen molar-refractivity contribution in [3.05, 3.63) is 42.1 Å². The second-order valence-corrected chi connectivity index (χ2v) is 6.51. The molecule has 4 nitrogen and oxygen atoms in total. The summed E-state index contributed by atoms with van der Waals surface area (Å²) in [6.45, 7) is 2.50. The number of nitrogens with one attached hydrogen (secondary N) is 1. The third-order valence-electron chi connectivity index (χ3n) is 4.74. The molecule has 1 aromatic carbocycles. The van der Waals surface area contributed by atoms with Gasteiger partial charge in [0.1, 0.15) is 0 Å². The SMILES string of the molecule is CC1(N)CCCCC1C(=O)NCc1cccc2cccnc12. The van der Waals surface area contributed by atoms with Crippen LogP contribution in [0.2, 0.25) is 0 Å². The van der Waals surface area contributed by atoms with E-state index in [-0.39, 0.29) is 17.4 Å². The lowest BCUT2D eigenvalue weighted by Gasteiger charge is -2.37. The zero-order valence-corrected chi connectivity index (χ0v) is 13.0. The Hall–Kier alpha value is -1.94. The summed E-state index contributed by atoms with van der Waals surface area (Å²) in [7, 11) is 0. The number of fused-ring (bicyclic) bond motifs is 1. The summed E-state index contributed by atoms with van der Waals surface area (Å²) < 4.78 is 0. The molecular weight excluding hydrogens is 274 g/mol. The van der Waals surface area contributed by atoms with Gasteiger partial charge in [-0.05, 0) is 31.4 Å². The van der Waals surface area contributed by atoms with E-state index in [1.807, 2.05) is 37.3 Å². The van der Waals surface area contributed by atoms with E-state index in [4.69, 9.17) is 5.73 Å². The molecule has 2 unspecified atom stereocenters. The minimum Gasteiger partial charge on any atom is -0.352 e.